The number of hydrogen-bond acceptors (Lipinski definition) is 7. The van der Waals surface area contributed by atoms with E-state index in [2.05, 4.69) is 16.5 Å². The van der Waals surface area contributed by atoms with Gasteiger partial charge in [-0.3, -0.25) is 14.3 Å². The van der Waals surface area contributed by atoms with Gasteiger partial charge in [-0.2, -0.15) is 0 Å². The molecule has 9 nitrogen and oxygen atoms in total. The summed E-state index contributed by atoms with van der Waals surface area (Å²) < 4.78 is 29.5. The van der Waals surface area contributed by atoms with E-state index in [4.69, 9.17) is 9.57 Å². The Morgan fingerprint density at radius 1 is 1.36 bits per heavy atom. The number of amides is 2. The Labute approximate surface area is 164 Å². The van der Waals surface area contributed by atoms with Gasteiger partial charge in [0.15, 0.2) is 0 Å². The smallest absolute Gasteiger partial charge is 0.262 e. The van der Waals surface area contributed by atoms with Gasteiger partial charge in [-0.15, -0.1) is 0 Å². The van der Waals surface area contributed by atoms with Crippen molar-refractivity contribution in [1.29, 1.82) is 0 Å². The molecule has 1 fully saturated rings. The molecule has 2 amide bonds. The van der Waals surface area contributed by atoms with Crippen LogP contribution in [0.1, 0.15) is 51.9 Å². The SMILES string of the molecule is C[C@]1(CC(=O)N[C@H]2CO[C@@H](C(=O)NS(C)(=O)=O)C2)CC(C2=CCCCC2)=NO1. The van der Waals surface area contributed by atoms with Crippen LogP contribution in [0, 0.1) is 0 Å². The largest absolute Gasteiger partial charge is 0.388 e. The minimum atomic E-state index is -3.64. The van der Waals surface area contributed by atoms with Crippen LogP contribution in [-0.4, -0.2) is 56.6 Å². The Balaban J connectivity index is 1.46. The molecule has 156 valence electrons. The number of allylic oxidation sites excluding steroid dienone is 2. The summed E-state index contributed by atoms with van der Waals surface area (Å²) in [6.45, 7) is 2.01. The number of oxime groups is 1. The number of sulfonamides is 1. The molecule has 1 aliphatic carbocycles. The van der Waals surface area contributed by atoms with Crippen LogP contribution in [0.3, 0.4) is 0 Å². The van der Waals surface area contributed by atoms with Crippen molar-refractivity contribution in [3.05, 3.63) is 11.6 Å². The quantitative estimate of drug-likeness (QED) is 0.663. The van der Waals surface area contributed by atoms with Crippen LogP contribution in [0.15, 0.2) is 16.8 Å². The minimum Gasteiger partial charge on any atom is -0.388 e. The lowest BCUT2D eigenvalue weighted by molar-refractivity contribution is -0.128. The maximum Gasteiger partial charge on any atom is 0.262 e. The van der Waals surface area contributed by atoms with Crippen molar-refractivity contribution in [2.75, 3.05) is 12.9 Å². The van der Waals surface area contributed by atoms with E-state index in [1.54, 1.807) is 0 Å². The molecule has 0 aromatic rings. The minimum absolute atomic E-state index is 0.143. The molecule has 2 N–H and O–H groups in total. The van der Waals surface area contributed by atoms with E-state index in [1.807, 2.05) is 11.6 Å². The van der Waals surface area contributed by atoms with Gasteiger partial charge < -0.3 is 14.9 Å². The Kier molecular flexibility index (Phi) is 6.09. The molecule has 0 bridgehead atoms. The second-order valence-corrected chi connectivity index (χ2v) is 9.72. The van der Waals surface area contributed by atoms with E-state index in [9.17, 15) is 18.0 Å². The fourth-order valence-electron chi connectivity index (χ4n) is 3.73. The Morgan fingerprint density at radius 2 is 2.14 bits per heavy atom. The molecule has 0 saturated carbocycles. The maximum absolute atomic E-state index is 12.4. The highest BCUT2D eigenvalue weighted by Crippen LogP contribution is 2.32. The molecule has 3 rings (SSSR count). The van der Waals surface area contributed by atoms with E-state index in [-0.39, 0.29) is 31.4 Å². The maximum atomic E-state index is 12.4. The summed E-state index contributed by atoms with van der Waals surface area (Å²) in [5.41, 5.74) is 1.46. The van der Waals surface area contributed by atoms with Crippen LogP contribution >= 0.6 is 0 Å². The Bertz CT molecular complexity index is 806. The lowest BCUT2D eigenvalue weighted by Crippen LogP contribution is -2.41. The average Bonchev–Trinajstić information content (AvgIpc) is 3.21. The van der Waals surface area contributed by atoms with Crippen molar-refractivity contribution in [2.45, 2.75) is 69.6 Å². The number of ether oxygens (including phenoxy) is 1. The van der Waals surface area contributed by atoms with Crippen LogP contribution in [0.2, 0.25) is 0 Å². The summed E-state index contributed by atoms with van der Waals surface area (Å²) >= 11 is 0. The fourth-order valence-corrected chi connectivity index (χ4v) is 4.23. The topological polar surface area (TPSA) is 123 Å². The lowest BCUT2D eigenvalue weighted by Gasteiger charge is -2.22. The van der Waals surface area contributed by atoms with Gasteiger partial charge in [0.25, 0.3) is 5.91 Å². The van der Waals surface area contributed by atoms with E-state index < -0.39 is 27.6 Å². The van der Waals surface area contributed by atoms with E-state index in [0.29, 0.717) is 6.42 Å². The number of carbonyl (C=O) groups is 2. The molecule has 0 unspecified atom stereocenters. The van der Waals surface area contributed by atoms with Gasteiger partial charge >= 0.3 is 0 Å². The molecule has 10 heteroatoms. The third-order valence-electron chi connectivity index (χ3n) is 5.05. The molecule has 2 aliphatic heterocycles. The van der Waals surface area contributed by atoms with Crippen LogP contribution in [0.25, 0.3) is 0 Å². The lowest BCUT2D eigenvalue weighted by atomic mass is 9.88. The summed E-state index contributed by atoms with van der Waals surface area (Å²) in [7, 11) is -3.64. The fraction of sp³-hybridized carbons (Fsp3) is 0.722. The van der Waals surface area contributed by atoms with Crippen molar-refractivity contribution in [1.82, 2.24) is 10.0 Å². The standard InChI is InChI=1S/C18H27N3O6S/c1-18(9-14(20-27-18)12-6-4-3-5-7-12)10-16(22)19-13-8-15(26-11-13)17(23)21-28(2,24)25/h6,13,15H,3-5,7-11H2,1-2H3,(H,19,22)(H,21,23)/t13-,15-,18-/m1/s1. The monoisotopic (exact) mass is 413 g/mol. The van der Waals surface area contributed by atoms with Crippen LogP contribution < -0.4 is 10.0 Å². The van der Waals surface area contributed by atoms with Crippen molar-refractivity contribution >= 4 is 27.5 Å². The van der Waals surface area contributed by atoms with Crippen molar-refractivity contribution in [3.8, 4) is 0 Å². The zero-order valence-electron chi connectivity index (χ0n) is 16.2. The zero-order valence-corrected chi connectivity index (χ0v) is 17.0. The summed E-state index contributed by atoms with van der Waals surface area (Å²) in [4.78, 5) is 29.9. The van der Waals surface area contributed by atoms with Gasteiger partial charge in [-0.05, 0) is 38.2 Å². The molecule has 2 heterocycles. The van der Waals surface area contributed by atoms with Gasteiger partial charge in [0.1, 0.15) is 11.7 Å². The molecule has 0 aromatic carbocycles. The summed E-state index contributed by atoms with van der Waals surface area (Å²) in [5, 5.41) is 7.03. The first-order valence-electron chi connectivity index (χ1n) is 9.51. The van der Waals surface area contributed by atoms with Gasteiger partial charge in [-0.25, -0.2) is 8.42 Å². The predicted molar refractivity (Wildman–Crippen MR) is 102 cm³/mol. The molecule has 1 saturated heterocycles. The highest BCUT2D eigenvalue weighted by atomic mass is 32.2. The molecular formula is C18H27N3O6S. The molecular weight excluding hydrogens is 386 g/mol. The second kappa shape index (κ2) is 8.20. The first-order valence-corrected chi connectivity index (χ1v) is 11.4. The molecule has 0 radical (unpaired) electrons. The highest BCUT2D eigenvalue weighted by molar-refractivity contribution is 7.89. The molecule has 3 aliphatic rings. The molecule has 0 aromatic heterocycles. The van der Waals surface area contributed by atoms with Crippen LogP contribution in [0.4, 0.5) is 0 Å². The van der Waals surface area contributed by atoms with Gasteiger partial charge in [-0.1, -0.05) is 11.2 Å². The normalized spacial score (nSPS) is 30.2. The van der Waals surface area contributed by atoms with Crippen LogP contribution in [-0.2, 0) is 29.2 Å². The van der Waals surface area contributed by atoms with E-state index in [1.165, 1.54) is 12.0 Å². The van der Waals surface area contributed by atoms with E-state index >= 15 is 0 Å². The molecule has 0 spiro atoms. The number of hydrogen-bond donors (Lipinski definition) is 2. The number of carbonyl (C=O) groups excluding carboxylic acids is 2. The first kappa shape index (κ1) is 20.8. The average molecular weight is 413 g/mol. The van der Waals surface area contributed by atoms with Crippen molar-refractivity contribution in [3.63, 3.8) is 0 Å². The summed E-state index contributed by atoms with van der Waals surface area (Å²) in [6.07, 6.45) is 7.57. The summed E-state index contributed by atoms with van der Waals surface area (Å²) in [6, 6.07) is -0.353. The second-order valence-electron chi connectivity index (χ2n) is 7.97. The highest BCUT2D eigenvalue weighted by Gasteiger charge is 2.39. The summed E-state index contributed by atoms with van der Waals surface area (Å²) in [5.74, 6) is -0.932. The Hall–Kier alpha value is -1.94. The van der Waals surface area contributed by atoms with Crippen LogP contribution in [0.5, 0.6) is 0 Å². The molecule has 3 atom stereocenters. The third kappa shape index (κ3) is 5.54. The van der Waals surface area contributed by atoms with Gasteiger partial charge in [0.05, 0.1) is 31.0 Å². The number of nitrogens with zero attached hydrogens (tertiary/aromatic N) is 1. The van der Waals surface area contributed by atoms with E-state index in [0.717, 1.165) is 31.2 Å². The zero-order chi connectivity index (χ0) is 20.4. The van der Waals surface area contributed by atoms with Crippen molar-refractivity contribution < 1.29 is 27.6 Å². The first-order chi connectivity index (χ1) is 13.1. The third-order valence-corrected chi connectivity index (χ3v) is 5.63. The van der Waals surface area contributed by atoms with Gasteiger partial charge in [0.2, 0.25) is 15.9 Å². The predicted octanol–water partition coefficient (Wildman–Crippen LogP) is 0.761. The number of rotatable bonds is 6. The molecule has 28 heavy (non-hydrogen) atoms. The Morgan fingerprint density at radius 3 is 2.82 bits per heavy atom. The van der Waals surface area contributed by atoms with Gasteiger partial charge in [0, 0.05) is 12.8 Å². The van der Waals surface area contributed by atoms with Crippen molar-refractivity contribution in [2.24, 2.45) is 5.16 Å². The number of nitrogens with one attached hydrogen (secondary N) is 2.